The molecule has 102 valence electrons. The number of nitrogens with zero attached hydrogens (tertiary/aromatic N) is 1. The van der Waals surface area contributed by atoms with Gasteiger partial charge in [0.25, 0.3) is 0 Å². The molecule has 1 fully saturated rings. The van der Waals surface area contributed by atoms with Gasteiger partial charge < -0.3 is 23.8 Å². The molecule has 19 heavy (non-hydrogen) atoms. The van der Waals surface area contributed by atoms with E-state index in [-0.39, 0.29) is 6.10 Å². The Balaban J connectivity index is 1.93. The van der Waals surface area contributed by atoms with Gasteiger partial charge in [-0.3, -0.25) is 0 Å². The number of ether oxygens (including phenoxy) is 3. The standard InChI is InChI=1S/C13H16N2O3S/c1-16-9-2-3-12-11(6-9)14-13(19)15(12)7-10-8-17-4-5-18-10/h2-3,6,10H,4-5,7-8H2,1H3,(H,14,19). The predicted molar refractivity (Wildman–Crippen MR) is 74.2 cm³/mol. The van der Waals surface area contributed by atoms with Gasteiger partial charge in [0.2, 0.25) is 0 Å². The lowest BCUT2D eigenvalue weighted by atomic mass is 10.3. The summed E-state index contributed by atoms with van der Waals surface area (Å²) in [6, 6.07) is 5.88. The molecule has 2 aromatic rings. The minimum absolute atomic E-state index is 0.0570. The van der Waals surface area contributed by atoms with Crippen molar-refractivity contribution in [1.29, 1.82) is 0 Å². The topological polar surface area (TPSA) is 48.4 Å². The summed E-state index contributed by atoms with van der Waals surface area (Å²) in [5.41, 5.74) is 2.03. The van der Waals surface area contributed by atoms with Crippen molar-refractivity contribution in [2.45, 2.75) is 12.6 Å². The van der Waals surface area contributed by atoms with Crippen molar-refractivity contribution in [1.82, 2.24) is 9.55 Å². The smallest absolute Gasteiger partial charge is 0.178 e. The first-order chi connectivity index (χ1) is 9.28. The number of hydrogen-bond donors (Lipinski definition) is 1. The number of nitrogens with one attached hydrogen (secondary N) is 1. The van der Waals surface area contributed by atoms with Gasteiger partial charge in [0.1, 0.15) is 5.75 Å². The zero-order chi connectivity index (χ0) is 13.2. The molecule has 1 aliphatic heterocycles. The van der Waals surface area contributed by atoms with Gasteiger partial charge in [-0.1, -0.05) is 0 Å². The number of benzene rings is 1. The fourth-order valence-electron chi connectivity index (χ4n) is 2.30. The lowest BCUT2D eigenvalue weighted by molar-refractivity contribution is -0.0933. The second-order valence-corrected chi connectivity index (χ2v) is 4.88. The maximum absolute atomic E-state index is 5.67. The molecule has 6 heteroatoms. The van der Waals surface area contributed by atoms with E-state index >= 15 is 0 Å². The monoisotopic (exact) mass is 280 g/mol. The van der Waals surface area contributed by atoms with E-state index in [2.05, 4.69) is 4.98 Å². The van der Waals surface area contributed by atoms with E-state index in [1.807, 2.05) is 22.8 Å². The molecule has 1 N–H and O–H groups in total. The third kappa shape index (κ3) is 2.51. The Morgan fingerprint density at radius 3 is 3.11 bits per heavy atom. The zero-order valence-electron chi connectivity index (χ0n) is 10.7. The predicted octanol–water partition coefficient (Wildman–Crippen LogP) is 2.12. The minimum Gasteiger partial charge on any atom is -0.497 e. The molecule has 1 saturated heterocycles. The van der Waals surface area contributed by atoms with Crippen molar-refractivity contribution in [3.63, 3.8) is 0 Å². The van der Waals surface area contributed by atoms with Crippen LogP contribution < -0.4 is 4.74 Å². The lowest BCUT2D eigenvalue weighted by Crippen LogP contribution is -2.32. The number of rotatable bonds is 3. The van der Waals surface area contributed by atoms with Crippen LogP contribution in [-0.4, -0.2) is 42.6 Å². The molecule has 1 unspecified atom stereocenters. The number of aromatic nitrogens is 2. The van der Waals surface area contributed by atoms with Crippen LogP contribution >= 0.6 is 12.2 Å². The summed E-state index contributed by atoms with van der Waals surface area (Å²) >= 11 is 5.37. The molecule has 1 atom stereocenters. The summed E-state index contributed by atoms with van der Waals surface area (Å²) in [4.78, 5) is 3.19. The SMILES string of the molecule is COc1ccc2c(c1)[nH]c(=S)n2CC1COCCO1. The fraction of sp³-hybridized carbons (Fsp3) is 0.462. The molecular formula is C13H16N2O3S. The Kier molecular flexibility index (Phi) is 3.54. The van der Waals surface area contributed by atoms with Gasteiger partial charge >= 0.3 is 0 Å². The molecule has 0 aliphatic carbocycles. The average Bonchev–Trinajstić information content (AvgIpc) is 2.75. The van der Waals surface area contributed by atoms with Crippen molar-refractivity contribution in [3.8, 4) is 5.75 Å². The Morgan fingerprint density at radius 1 is 1.47 bits per heavy atom. The summed E-state index contributed by atoms with van der Waals surface area (Å²) in [7, 11) is 1.65. The van der Waals surface area contributed by atoms with Gasteiger partial charge in [0, 0.05) is 6.07 Å². The number of fused-ring (bicyclic) bond motifs is 1. The quantitative estimate of drug-likeness (QED) is 0.875. The molecule has 0 spiro atoms. The van der Waals surface area contributed by atoms with Gasteiger partial charge in [-0.25, -0.2) is 0 Å². The van der Waals surface area contributed by atoms with Crippen LogP contribution in [0.1, 0.15) is 0 Å². The highest BCUT2D eigenvalue weighted by molar-refractivity contribution is 7.71. The first kappa shape index (κ1) is 12.7. The van der Waals surface area contributed by atoms with E-state index < -0.39 is 0 Å². The molecular weight excluding hydrogens is 264 g/mol. The number of aromatic amines is 1. The molecule has 2 heterocycles. The largest absolute Gasteiger partial charge is 0.497 e. The first-order valence-corrected chi connectivity index (χ1v) is 6.64. The maximum Gasteiger partial charge on any atom is 0.178 e. The molecule has 1 aromatic heterocycles. The number of H-pyrrole nitrogens is 1. The highest BCUT2D eigenvalue weighted by Gasteiger charge is 2.17. The molecule has 1 aromatic carbocycles. The van der Waals surface area contributed by atoms with E-state index in [0.29, 0.717) is 31.1 Å². The molecule has 5 nitrogen and oxygen atoms in total. The number of hydrogen-bond acceptors (Lipinski definition) is 4. The van der Waals surface area contributed by atoms with Crippen molar-refractivity contribution < 1.29 is 14.2 Å². The minimum atomic E-state index is 0.0570. The highest BCUT2D eigenvalue weighted by atomic mass is 32.1. The van der Waals surface area contributed by atoms with Crippen molar-refractivity contribution in [2.75, 3.05) is 26.9 Å². The second-order valence-electron chi connectivity index (χ2n) is 4.49. The lowest BCUT2D eigenvalue weighted by Gasteiger charge is -2.23. The fourth-order valence-corrected chi connectivity index (χ4v) is 2.58. The Morgan fingerprint density at radius 2 is 2.37 bits per heavy atom. The summed E-state index contributed by atoms with van der Waals surface area (Å²) < 4.78 is 19.0. The second kappa shape index (κ2) is 5.32. The molecule has 1 aliphatic rings. The molecule has 0 bridgehead atoms. The third-order valence-electron chi connectivity index (χ3n) is 3.25. The van der Waals surface area contributed by atoms with Crippen molar-refractivity contribution in [2.24, 2.45) is 0 Å². The van der Waals surface area contributed by atoms with Crippen molar-refractivity contribution >= 4 is 23.3 Å². The number of imidazole rings is 1. The van der Waals surface area contributed by atoms with Crippen LogP contribution in [0.15, 0.2) is 18.2 Å². The average molecular weight is 280 g/mol. The van der Waals surface area contributed by atoms with Crippen LogP contribution in [0.25, 0.3) is 11.0 Å². The van der Waals surface area contributed by atoms with E-state index in [4.69, 9.17) is 26.4 Å². The van der Waals surface area contributed by atoms with Crippen LogP contribution in [0.5, 0.6) is 5.75 Å². The van der Waals surface area contributed by atoms with E-state index in [9.17, 15) is 0 Å². The normalized spacial score (nSPS) is 19.7. The van der Waals surface area contributed by atoms with Gasteiger partial charge in [-0.05, 0) is 24.4 Å². The van der Waals surface area contributed by atoms with Gasteiger partial charge in [0.05, 0.1) is 50.6 Å². The maximum atomic E-state index is 5.67. The Hall–Kier alpha value is -1.37. The molecule has 0 saturated carbocycles. The van der Waals surface area contributed by atoms with Crippen LogP contribution in [0.2, 0.25) is 0 Å². The summed E-state index contributed by atoms with van der Waals surface area (Å²) in [6.07, 6.45) is 0.0570. The van der Waals surface area contributed by atoms with E-state index in [1.54, 1.807) is 7.11 Å². The summed E-state index contributed by atoms with van der Waals surface area (Å²) in [5, 5.41) is 0. The van der Waals surface area contributed by atoms with Crippen molar-refractivity contribution in [3.05, 3.63) is 23.0 Å². The molecule has 3 rings (SSSR count). The van der Waals surface area contributed by atoms with Gasteiger partial charge in [-0.2, -0.15) is 0 Å². The number of methoxy groups -OCH3 is 1. The van der Waals surface area contributed by atoms with E-state index in [1.165, 1.54) is 0 Å². The molecule has 0 amide bonds. The highest BCUT2D eigenvalue weighted by Crippen LogP contribution is 2.21. The first-order valence-electron chi connectivity index (χ1n) is 6.24. The van der Waals surface area contributed by atoms with Gasteiger partial charge in [0.15, 0.2) is 4.77 Å². The summed E-state index contributed by atoms with van der Waals surface area (Å²) in [5.74, 6) is 0.813. The van der Waals surface area contributed by atoms with Crippen LogP contribution in [-0.2, 0) is 16.0 Å². The van der Waals surface area contributed by atoms with E-state index in [0.717, 1.165) is 16.8 Å². The Labute approximate surface area is 116 Å². The Bertz CT molecular complexity index is 628. The van der Waals surface area contributed by atoms with Crippen LogP contribution in [0, 0.1) is 4.77 Å². The zero-order valence-corrected chi connectivity index (χ0v) is 11.5. The summed E-state index contributed by atoms with van der Waals surface area (Å²) in [6.45, 7) is 2.64. The van der Waals surface area contributed by atoms with Crippen LogP contribution in [0.4, 0.5) is 0 Å². The van der Waals surface area contributed by atoms with Crippen LogP contribution in [0.3, 0.4) is 0 Å². The molecule has 0 radical (unpaired) electrons. The van der Waals surface area contributed by atoms with Gasteiger partial charge in [-0.15, -0.1) is 0 Å². The third-order valence-corrected chi connectivity index (χ3v) is 3.57.